The van der Waals surface area contributed by atoms with Crippen LogP contribution in [0, 0.1) is 0 Å². The highest BCUT2D eigenvalue weighted by Crippen LogP contribution is 2.38. The molecule has 0 aliphatic heterocycles. The van der Waals surface area contributed by atoms with E-state index in [2.05, 4.69) is 162 Å². The molecule has 0 atom stereocenters. The smallest absolute Gasteiger partial charge is 0.0541 e. The van der Waals surface area contributed by atoms with Crippen LogP contribution in [0.3, 0.4) is 0 Å². The first-order valence-corrected chi connectivity index (χ1v) is 15.8. The van der Waals surface area contributed by atoms with Crippen molar-refractivity contribution < 1.29 is 0 Å². The van der Waals surface area contributed by atoms with Crippen molar-refractivity contribution >= 4 is 96.3 Å². The quantitative estimate of drug-likeness (QED) is 0.128. The predicted molar refractivity (Wildman–Crippen MR) is 176 cm³/mol. The first-order valence-electron chi connectivity index (χ1n) is 11.8. The molecule has 6 rings (SSSR count). The summed E-state index contributed by atoms with van der Waals surface area (Å²) in [5.41, 5.74) is 5.91. The van der Waals surface area contributed by atoms with E-state index in [4.69, 9.17) is 0 Å². The molecule has 0 aliphatic rings. The van der Waals surface area contributed by atoms with Crippen molar-refractivity contribution in [3.63, 3.8) is 0 Å². The molecule has 2 heterocycles. The summed E-state index contributed by atoms with van der Waals surface area (Å²) < 4.78 is 7.12. The predicted octanol–water partition coefficient (Wildman–Crippen LogP) is 11.8. The number of halogens is 3. The molecule has 6 aromatic rings. The number of hydrogen-bond donors (Lipinski definition) is 0. The minimum absolute atomic E-state index is 1.06. The summed E-state index contributed by atoms with van der Waals surface area (Å²) in [7, 11) is 0. The van der Waals surface area contributed by atoms with Crippen LogP contribution < -0.4 is 0 Å². The lowest BCUT2D eigenvalue weighted by Crippen LogP contribution is -1.96. The van der Waals surface area contributed by atoms with Gasteiger partial charge in [0.05, 0.1) is 5.52 Å². The number of alkyl halides is 1. The number of allylic oxidation sites excluding steroid dienone is 3. The maximum Gasteiger partial charge on any atom is 0.0541 e. The zero-order valence-electron chi connectivity index (χ0n) is 20.4. The van der Waals surface area contributed by atoms with Crippen molar-refractivity contribution in [3.05, 3.63) is 118 Å². The third-order valence-corrected chi connectivity index (χ3v) is 8.29. The molecule has 0 fully saturated rings. The van der Waals surface area contributed by atoms with E-state index in [-0.39, 0.29) is 0 Å². The molecule has 0 saturated heterocycles. The van der Waals surface area contributed by atoms with Gasteiger partial charge in [0.1, 0.15) is 0 Å². The normalized spacial score (nSPS) is 11.7. The number of nitrogens with zero attached hydrogens (tertiary/aromatic N) is 1. The van der Waals surface area contributed by atoms with E-state index in [9.17, 15) is 0 Å². The molecule has 0 saturated carbocycles. The Morgan fingerprint density at radius 2 is 1.46 bits per heavy atom. The molecule has 0 radical (unpaired) electrons. The third-order valence-electron chi connectivity index (χ3n) is 6.24. The number of rotatable bonds is 4. The SMILES string of the molecule is C/C=C\C=C/c1cc2c(-c3cc(Br)cc(Br)c3)cccc2n1-c1ccc2c(c1)sc1ccccc12.CBr. The maximum absolute atomic E-state index is 3.66. The Morgan fingerprint density at radius 1 is 0.703 bits per heavy atom. The average Bonchev–Trinajstić information content (AvgIpc) is 3.47. The molecular formula is C32H24Br3NS. The Hall–Kier alpha value is -2.44. The minimum atomic E-state index is 1.06. The monoisotopic (exact) mass is 691 g/mol. The summed E-state index contributed by atoms with van der Waals surface area (Å²) in [6.07, 6.45) is 8.43. The molecule has 0 aliphatic carbocycles. The highest BCUT2D eigenvalue weighted by atomic mass is 79.9. The van der Waals surface area contributed by atoms with Crippen molar-refractivity contribution in [3.8, 4) is 16.8 Å². The van der Waals surface area contributed by atoms with Gasteiger partial charge in [0, 0.05) is 45.9 Å². The van der Waals surface area contributed by atoms with E-state index >= 15 is 0 Å². The van der Waals surface area contributed by atoms with E-state index in [1.807, 2.05) is 24.1 Å². The molecule has 0 spiro atoms. The molecule has 0 amide bonds. The van der Waals surface area contributed by atoms with Gasteiger partial charge in [-0.05, 0) is 78.5 Å². The average molecular weight is 694 g/mol. The fourth-order valence-electron chi connectivity index (χ4n) is 4.74. The molecular weight excluding hydrogens is 670 g/mol. The van der Waals surface area contributed by atoms with Gasteiger partial charge in [0.25, 0.3) is 0 Å². The largest absolute Gasteiger partial charge is 0.310 e. The van der Waals surface area contributed by atoms with E-state index in [0.717, 1.165) is 14.6 Å². The first kappa shape index (κ1) is 26.2. The van der Waals surface area contributed by atoms with Gasteiger partial charge in [-0.1, -0.05) is 102 Å². The van der Waals surface area contributed by atoms with Gasteiger partial charge < -0.3 is 4.57 Å². The fourth-order valence-corrected chi connectivity index (χ4v) is 7.17. The van der Waals surface area contributed by atoms with Crippen molar-refractivity contribution in [2.45, 2.75) is 6.92 Å². The molecule has 37 heavy (non-hydrogen) atoms. The fraction of sp³-hybridized carbons (Fsp3) is 0.0625. The Labute approximate surface area is 246 Å². The summed E-state index contributed by atoms with van der Waals surface area (Å²) in [5, 5.41) is 3.87. The van der Waals surface area contributed by atoms with Crippen LogP contribution in [-0.4, -0.2) is 10.4 Å². The molecule has 1 nitrogen and oxygen atoms in total. The zero-order valence-corrected chi connectivity index (χ0v) is 26.0. The Kier molecular flexibility index (Phi) is 8.15. The van der Waals surface area contributed by atoms with Crippen LogP contribution in [0.15, 0.2) is 112 Å². The topological polar surface area (TPSA) is 4.93 Å². The highest BCUT2D eigenvalue weighted by molar-refractivity contribution is 9.11. The van der Waals surface area contributed by atoms with Gasteiger partial charge in [0.2, 0.25) is 0 Å². The molecule has 0 N–H and O–H groups in total. The Balaban J connectivity index is 0.00000137. The van der Waals surface area contributed by atoms with Gasteiger partial charge in [-0.3, -0.25) is 0 Å². The summed E-state index contributed by atoms with van der Waals surface area (Å²) in [4.78, 5) is 0. The number of benzene rings is 4. The number of fused-ring (bicyclic) bond motifs is 4. The van der Waals surface area contributed by atoms with Crippen LogP contribution in [0.2, 0.25) is 0 Å². The van der Waals surface area contributed by atoms with Crippen molar-refractivity contribution in [1.82, 2.24) is 4.57 Å². The first-order chi connectivity index (χ1) is 18.1. The van der Waals surface area contributed by atoms with E-state index in [1.165, 1.54) is 47.9 Å². The Bertz CT molecular complexity index is 1770. The second kappa shape index (κ2) is 11.5. The second-order valence-electron chi connectivity index (χ2n) is 8.46. The van der Waals surface area contributed by atoms with Crippen LogP contribution >= 0.6 is 59.1 Å². The van der Waals surface area contributed by atoms with Crippen LogP contribution in [0.4, 0.5) is 0 Å². The lowest BCUT2D eigenvalue weighted by molar-refractivity contribution is 1.11. The van der Waals surface area contributed by atoms with Crippen molar-refractivity contribution in [2.24, 2.45) is 0 Å². The standard InChI is InChI=1S/C31H21Br2NS.CH3Br/c1-2-3-4-8-23-18-28-25(20-15-21(32)17-22(33)16-20)10-7-11-29(28)34(23)24-13-14-27-26-9-5-6-12-30(26)35-31(27)19-24;1-2/h2-19H,1H3;1H3/b3-2-,8-4-;. The van der Waals surface area contributed by atoms with E-state index < -0.39 is 0 Å². The van der Waals surface area contributed by atoms with E-state index in [1.54, 1.807) is 0 Å². The van der Waals surface area contributed by atoms with Crippen molar-refractivity contribution in [1.29, 1.82) is 0 Å². The molecule has 184 valence electrons. The van der Waals surface area contributed by atoms with Crippen molar-refractivity contribution in [2.75, 3.05) is 5.83 Å². The number of aromatic nitrogens is 1. The second-order valence-corrected chi connectivity index (χ2v) is 11.4. The Morgan fingerprint density at radius 3 is 2.24 bits per heavy atom. The summed E-state index contributed by atoms with van der Waals surface area (Å²) in [5.74, 6) is 1.81. The third kappa shape index (κ3) is 5.15. The van der Waals surface area contributed by atoms with E-state index in [0.29, 0.717) is 0 Å². The van der Waals surface area contributed by atoms with Crippen LogP contribution in [0.25, 0.3) is 54.0 Å². The minimum Gasteiger partial charge on any atom is -0.310 e. The van der Waals surface area contributed by atoms with Crippen LogP contribution in [0.1, 0.15) is 12.6 Å². The van der Waals surface area contributed by atoms with Gasteiger partial charge in [-0.25, -0.2) is 0 Å². The lowest BCUT2D eigenvalue weighted by atomic mass is 10.0. The molecule has 5 heteroatoms. The number of thiophene rings is 1. The number of hydrogen-bond acceptors (Lipinski definition) is 1. The summed E-state index contributed by atoms with van der Waals surface area (Å²) >= 11 is 12.1. The van der Waals surface area contributed by atoms with Gasteiger partial charge in [-0.15, -0.1) is 11.3 Å². The summed E-state index contributed by atoms with van der Waals surface area (Å²) in [6, 6.07) is 30.8. The molecule has 0 bridgehead atoms. The zero-order chi connectivity index (χ0) is 25.9. The summed E-state index contributed by atoms with van der Waals surface area (Å²) in [6.45, 7) is 2.04. The lowest BCUT2D eigenvalue weighted by Gasteiger charge is -2.11. The van der Waals surface area contributed by atoms with Gasteiger partial charge in [0.15, 0.2) is 0 Å². The highest BCUT2D eigenvalue weighted by Gasteiger charge is 2.15. The van der Waals surface area contributed by atoms with Crippen LogP contribution in [-0.2, 0) is 0 Å². The molecule has 2 aromatic heterocycles. The van der Waals surface area contributed by atoms with Gasteiger partial charge in [-0.2, -0.15) is 0 Å². The maximum atomic E-state index is 3.66. The molecule has 0 unspecified atom stereocenters. The van der Waals surface area contributed by atoms with Crippen LogP contribution in [0.5, 0.6) is 0 Å². The van der Waals surface area contributed by atoms with Gasteiger partial charge >= 0.3 is 0 Å². The molecule has 4 aromatic carbocycles.